The smallest absolute Gasteiger partial charge is 0.0662 e. The molecule has 100 valence electrons. The summed E-state index contributed by atoms with van der Waals surface area (Å²) in [4.78, 5) is 0. The molecule has 0 saturated heterocycles. The first kappa shape index (κ1) is 12.4. The van der Waals surface area contributed by atoms with Gasteiger partial charge in [-0.15, -0.1) is 0 Å². The molecule has 3 nitrogen and oxygen atoms in total. The molecule has 0 amide bonds. The molecule has 1 aromatic carbocycles. The third-order valence-electron chi connectivity index (χ3n) is 4.06. The molecule has 0 saturated carbocycles. The minimum absolute atomic E-state index is 0.482. The molecule has 1 N–H and O–H groups in total. The summed E-state index contributed by atoms with van der Waals surface area (Å²) in [5, 5.41) is 7.98. The van der Waals surface area contributed by atoms with Crippen molar-refractivity contribution in [3.05, 3.63) is 52.8 Å². The predicted octanol–water partition coefficient (Wildman–Crippen LogP) is 2.84. The molecule has 2 aromatic rings. The number of hydrogen-bond donors (Lipinski definition) is 1. The minimum atomic E-state index is 0.482. The quantitative estimate of drug-likeness (QED) is 0.914. The minimum Gasteiger partial charge on any atom is -0.313 e. The van der Waals surface area contributed by atoms with E-state index in [1.165, 1.54) is 35.2 Å². The van der Waals surface area contributed by atoms with Gasteiger partial charge in [0.2, 0.25) is 0 Å². The van der Waals surface area contributed by atoms with E-state index in [0.29, 0.717) is 6.04 Å². The van der Waals surface area contributed by atoms with Gasteiger partial charge in [-0.1, -0.05) is 29.8 Å². The molecule has 0 aliphatic heterocycles. The van der Waals surface area contributed by atoms with Crippen LogP contribution in [0.2, 0.25) is 0 Å². The maximum Gasteiger partial charge on any atom is 0.0662 e. The summed E-state index contributed by atoms with van der Waals surface area (Å²) in [6.07, 6.45) is 5.67. The van der Waals surface area contributed by atoms with Gasteiger partial charge < -0.3 is 5.32 Å². The van der Waals surface area contributed by atoms with Crippen LogP contribution in [0, 0.1) is 6.92 Å². The van der Waals surface area contributed by atoms with Crippen LogP contribution >= 0.6 is 0 Å². The van der Waals surface area contributed by atoms with E-state index < -0.39 is 0 Å². The first-order valence-electron chi connectivity index (χ1n) is 7.05. The van der Waals surface area contributed by atoms with Crippen molar-refractivity contribution in [2.24, 2.45) is 0 Å². The zero-order valence-corrected chi connectivity index (χ0v) is 11.7. The topological polar surface area (TPSA) is 29.9 Å². The van der Waals surface area contributed by atoms with Crippen molar-refractivity contribution in [2.75, 3.05) is 7.05 Å². The molecule has 1 aliphatic rings. The van der Waals surface area contributed by atoms with E-state index in [2.05, 4.69) is 46.3 Å². The number of aromatic nitrogens is 2. The van der Waals surface area contributed by atoms with Gasteiger partial charge in [0.1, 0.15) is 0 Å². The molecular formula is C16H21N3. The summed E-state index contributed by atoms with van der Waals surface area (Å²) in [5.74, 6) is 0. The zero-order chi connectivity index (χ0) is 13.2. The second-order valence-corrected chi connectivity index (χ2v) is 5.42. The Morgan fingerprint density at radius 2 is 2.11 bits per heavy atom. The normalized spacial score (nSPS) is 18.3. The second-order valence-electron chi connectivity index (χ2n) is 5.42. The number of benzene rings is 1. The molecule has 1 aromatic heterocycles. The van der Waals surface area contributed by atoms with E-state index in [9.17, 15) is 0 Å². The molecule has 0 fully saturated rings. The number of rotatable bonds is 3. The van der Waals surface area contributed by atoms with Gasteiger partial charge in [-0.05, 0) is 38.8 Å². The number of nitrogens with one attached hydrogen (secondary N) is 1. The Labute approximate surface area is 114 Å². The lowest BCUT2D eigenvalue weighted by molar-refractivity contribution is 0.481. The summed E-state index contributed by atoms with van der Waals surface area (Å²) in [6, 6.07) is 9.21. The van der Waals surface area contributed by atoms with Crippen LogP contribution < -0.4 is 5.32 Å². The molecule has 0 spiro atoms. The number of nitrogens with zero attached hydrogens (tertiary/aromatic N) is 2. The highest BCUT2D eigenvalue weighted by Crippen LogP contribution is 2.29. The Hall–Kier alpha value is -1.61. The highest BCUT2D eigenvalue weighted by Gasteiger charge is 2.22. The third-order valence-corrected chi connectivity index (χ3v) is 4.06. The fourth-order valence-corrected chi connectivity index (χ4v) is 2.92. The van der Waals surface area contributed by atoms with Crippen molar-refractivity contribution >= 4 is 0 Å². The lowest BCUT2D eigenvalue weighted by Gasteiger charge is -2.22. The second kappa shape index (κ2) is 5.17. The van der Waals surface area contributed by atoms with Gasteiger partial charge in [0.05, 0.1) is 12.7 Å². The Morgan fingerprint density at radius 3 is 2.84 bits per heavy atom. The Balaban J connectivity index is 1.86. The van der Waals surface area contributed by atoms with E-state index in [1.807, 2.05) is 13.2 Å². The van der Waals surface area contributed by atoms with E-state index in [0.717, 1.165) is 13.0 Å². The largest absolute Gasteiger partial charge is 0.313 e. The van der Waals surface area contributed by atoms with Crippen molar-refractivity contribution in [2.45, 2.75) is 38.8 Å². The number of fused-ring (bicyclic) bond motifs is 1. The molecule has 1 heterocycles. The van der Waals surface area contributed by atoms with Gasteiger partial charge in [0.25, 0.3) is 0 Å². The van der Waals surface area contributed by atoms with Crippen LogP contribution in [-0.2, 0) is 13.0 Å². The number of hydrogen-bond acceptors (Lipinski definition) is 2. The number of aryl methyl sites for hydroxylation is 1. The Kier molecular flexibility index (Phi) is 3.38. The van der Waals surface area contributed by atoms with Crippen LogP contribution in [0.25, 0.3) is 0 Å². The summed E-state index contributed by atoms with van der Waals surface area (Å²) >= 11 is 0. The summed E-state index contributed by atoms with van der Waals surface area (Å²) in [7, 11) is 2.04. The summed E-state index contributed by atoms with van der Waals surface area (Å²) < 4.78 is 2.17. The van der Waals surface area contributed by atoms with Crippen LogP contribution in [0.4, 0.5) is 0 Å². The molecule has 1 aliphatic carbocycles. The van der Waals surface area contributed by atoms with Crippen molar-refractivity contribution in [1.82, 2.24) is 15.1 Å². The van der Waals surface area contributed by atoms with E-state index in [-0.39, 0.29) is 0 Å². The van der Waals surface area contributed by atoms with Gasteiger partial charge >= 0.3 is 0 Å². The average Bonchev–Trinajstić information content (AvgIpc) is 2.84. The van der Waals surface area contributed by atoms with Gasteiger partial charge in [0.15, 0.2) is 0 Å². The molecule has 0 radical (unpaired) electrons. The van der Waals surface area contributed by atoms with E-state index in [4.69, 9.17) is 0 Å². The van der Waals surface area contributed by atoms with Crippen LogP contribution in [0.5, 0.6) is 0 Å². The van der Waals surface area contributed by atoms with Crippen molar-refractivity contribution < 1.29 is 0 Å². The maximum absolute atomic E-state index is 4.59. The van der Waals surface area contributed by atoms with Crippen LogP contribution in [0.1, 0.15) is 41.3 Å². The molecule has 19 heavy (non-hydrogen) atoms. The summed E-state index contributed by atoms with van der Waals surface area (Å²) in [6.45, 7) is 3.00. The molecule has 1 atom stereocenters. The van der Waals surface area contributed by atoms with Crippen LogP contribution in [0.15, 0.2) is 30.5 Å². The fraction of sp³-hybridized carbons (Fsp3) is 0.438. The maximum atomic E-state index is 4.59. The fourth-order valence-electron chi connectivity index (χ4n) is 2.92. The third kappa shape index (κ3) is 2.43. The van der Waals surface area contributed by atoms with Gasteiger partial charge in [-0.3, -0.25) is 4.68 Å². The lowest BCUT2D eigenvalue weighted by atomic mass is 9.93. The predicted molar refractivity (Wildman–Crippen MR) is 77.2 cm³/mol. The first-order valence-corrected chi connectivity index (χ1v) is 7.05. The van der Waals surface area contributed by atoms with Gasteiger partial charge in [-0.2, -0.15) is 5.10 Å². The Bertz CT molecular complexity index is 554. The van der Waals surface area contributed by atoms with Crippen LogP contribution in [0.3, 0.4) is 0 Å². The van der Waals surface area contributed by atoms with Crippen molar-refractivity contribution in [1.29, 1.82) is 0 Å². The summed E-state index contributed by atoms with van der Waals surface area (Å²) in [5.41, 5.74) is 5.43. The molecule has 3 rings (SSSR count). The molecule has 1 unspecified atom stereocenters. The standard InChI is InChI=1S/C16H21N3/c1-12-6-8-13(9-7-12)11-19-16-5-3-4-15(17-2)14(16)10-18-19/h6-10,15,17H,3-5,11H2,1-2H3. The molecular weight excluding hydrogens is 234 g/mol. The SMILES string of the molecule is CNC1CCCc2c1cnn2Cc1ccc(C)cc1. The van der Waals surface area contributed by atoms with Gasteiger partial charge in [-0.25, -0.2) is 0 Å². The zero-order valence-electron chi connectivity index (χ0n) is 11.7. The highest BCUT2D eigenvalue weighted by atomic mass is 15.3. The van der Waals surface area contributed by atoms with Gasteiger partial charge in [0, 0.05) is 17.3 Å². The van der Waals surface area contributed by atoms with E-state index >= 15 is 0 Å². The average molecular weight is 255 g/mol. The highest BCUT2D eigenvalue weighted by molar-refractivity contribution is 5.27. The first-order chi connectivity index (χ1) is 9.28. The Morgan fingerprint density at radius 1 is 1.32 bits per heavy atom. The van der Waals surface area contributed by atoms with E-state index in [1.54, 1.807) is 0 Å². The molecule has 3 heteroatoms. The van der Waals surface area contributed by atoms with Crippen molar-refractivity contribution in [3.63, 3.8) is 0 Å². The van der Waals surface area contributed by atoms with Crippen molar-refractivity contribution in [3.8, 4) is 0 Å². The monoisotopic (exact) mass is 255 g/mol. The molecule has 0 bridgehead atoms. The lowest BCUT2D eigenvalue weighted by Crippen LogP contribution is -2.22. The van der Waals surface area contributed by atoms with Crippen LogP contribution in [-0.4, -0.2) is 16.8 Å².